The van der Waals surface area contributed by atoms with Gasteiger partial charge in [0.2, 0.25) is 3.57 Å². The second kappa shape index (κ2) is 7.77. The third-order valence-electron chi connectivity index (χ3n) is 1.31. The lowest BCUT2D eigenvalue weighted by molar-refractivity contribution is -0.535. The maximum Gasteiger partial charge on any atom is 0.419 e. The lowest BCUT2D eigenvalue weighted by Crippen LogP contribution is -3.59. The van der Waals surface area contributed by atoms with E-state index in [1.54, 1.807) is 0 Å². The first kappa shape index (κ1) is 17.4. The molecule has 18 heavy (non-hydrogen) atoms. The quantitative estimate of drug-likeness (QED) is 0.361. The first-order chi connectivity index (χ1) is 8.08. The van der Waals surface area contributed by atoms with Gasteiger partial charge in [-0.25, -0.2) is 8.42 Å². The van der Waals surface area contributed by atoms with Crippen LogP contribution in [0.1, 0.15) is 20.8 Å². The Balaban J connectivity index is 0.000000494. The summed E-state index contributed by atoms with van der Waals surface area (Å²) in [5, 5.41) is 0. The second-order valence-electron chi connectivity index (χ2n) is 4.56. The van der Waals surface area contributed by atoms with Gasteiger partial charge in [-0.2, -0.15) is 0 Å². The molecule has 1 rings (SSSR count). The molecule has 0 saturated carbocycles. The summed E-state index contributed by atoms with van der Waals surface area (Å²) in [6.07, 6.45) is 0.604. The van der Waals surface area contributed by atoms with Crippen LogP contribution in [-0.2, 0) is 10.1 Å². The van der Waals surface area contributed by atoms with E-state index in [1.807, 2.05) is 6.07 Å². The summed E-state index contributed by atoms with van der Waals surface area (Å²) in [5.41, 5.74) is 0.147. The summed E-state index contributed by atoms with van der Waals surface area (Å²) in [6, 6.07) is 10.5. The standard InChI is InChI=1S/C12H14I.CH4O3S/c1-12(2,3)9-10-13-11-7-5-4-6-8-11;1-5(2,3)4/h4-8H,1-3H3;1H3,(H,2,3,4)/q+1;/p-1. The highest BCUT2D eigenvalue weighted by atomic mass is 127. The minimum absolute atomic E-state index is 0.100. The van der Waals surface area contributed by atoms with Crippen LogP contribution >= 0.6 is 0 Å². The molecule has 0 atom stereocenters. The highest BCUT2D eigenvalue weighted by molar-refractivity contribution is 7.84. The normalized spacial score (nSPS) is 10.7. The molecule has 0 aliphatic heterocycles. The molecular formula is C13H17IO3S. The summed E-state index contributed by atoms with van der Waals surface area (Å²) in [5.74, 6) is 3.27. The van der Waals surface area contributed by atoms with Crippen LogP contribution in [0.2, 0.25) is 0 Å². The van der Waals surface area contributed by atoms with Crippen molar-refractivity contribution in [2.45, 2.75) is 20.8 Å². The second-order valence-corrected chi connectivity index (χ2v) is 8.30. The molecule has 100 valence electrons. The van der Waals surface area contributed by atoms with Crippen molar-refractivity contribution < 1.29 is 34.2 Å². The first-order valence-electron chi connectivity index (χ1n) is 5.20. The Labute approximate surface area is 120 Å². The van der Waals surface area contributed by atoms with Crippen LogP contribution in [0.3, 0.4) is 0 Å². The van der Waals surface area contributed by atoms with Gasteiger partial charge in [-0.05, 0) is 38.8 Å². The van der Waals surface area contributed by atoms with Crippen molar-refractivity contribution in [3.63, 3.8) is 0 Å². The Kier molecular flexibility index (Phi) is 7.52. The Hall–Kier alpha value is -0.580. The van der Waals surface area contributed by atoms with Gasteiger partial charge in [0.25, 0.3) is 0 Å². The van der Waals surface area contributed by atoms with E-state index in [9.17, 15) is 0 Å². The molecule has 0 heterocycles. The molecule has 0 N–H and O–H groups in total. The number of rotatable bonds is 1. The zero-order valence-electron chi connectivity index (χ0n) is 10.9. The van der Waals surface area contributed by atoms with Crippen LogP contribution in [0.15, 0.2) is 30.3 Å². The summed E-state index contributed by atoms with van der Waals surface area (Å²) in [4.78, 5) is 0. The van der Waals surface area contributed by atoms with E-state index >= 15 is 0 Å². The van der Waals surface area contributed by atoms with Crippen LogP contribution in [0.25, 0.3) is 0 Å². The smallest absolute Gasteiger partial charge is 0.419 e. The maximum absolute atomic E-state index is 9.08. The number of halogens is 1. The van der Waals surface area contributed by atoms with E-state index in [-0.39, 0.29) is 26.6 Å². The minimum Gasteiger partial charge on any atom is -0.748 e. The van der Waals surface area contributed by atoms with E-state index in [1.165, 1.54) is 3.57 Å². The molecule has 0 unspecified atom stereocenters. The fourth-order valence-corrected chi connectivity index (χ4v) is 2.73. The first-order valence-corrected chi connectivity index (χ1v) is 9.17. The zero-order valence-corrected chi connectivity index (χ0v) is 13.9. The number of hydrogen-bond donors (Lipinski definition) is 0. The molecule has 0 aliphatic carbocycles. The van der Waals surface area contributed by atoms with Crippen LogP contribution in [0.5, 0.6) is 0 Å². The fourth-order valence-electron chi connectivity index (χ4n) is 0.698. The van der Waals surface area contributed by atoms with Crippen molar-refractivity contribution in [3.05, 3.63) is 33.9 Å². The Morgan fingerprint density at radius 2 is 1.61 bits per heavy atom. The van der Waals surface area contributed by atoms with E-state index in [4.69, 9.17) is 13.0 Å². The average Bonchev–Trinajstić information content (AvgIpc) is 2.14. The van der Waals surface area contributed by atoms with E-state index in [0.717, 1.165) is 0 Å². The molecule has 0 aromatic heterocycles. The lowest BCUT2D eigenvalue weighted by atomic mass is 9.99. The van der Waals surface area contributed by atoms with E-state index in [2.05, 4.69) is 54.9 Å². The molecule has 0 amide bonds. The Bertz CT molecular complexity index is 497. The van der Waals surface area contributed by atoms with Crippen molar-refractivity contribution in [2.24, 2.45) is 5.41 Å². The maximum atomic E-state index is 9.08. The van der Waals surface area contributed by atoms with Crippen LogP contribution in [0, 0.1) is 18.8 Å². The summed E-state index contributed by atoms with van der Waals surface area (Å²) in [6.45, 7) is 6.44. The third kappa shape index (κ3) is 15.4. The van der Waals surface area contributed by atoms with Crippen LogP contribution < -0.4 is 21.2 Å². The SMILES string of the molecule is CC(C)(C)C#C[I+]c1ccccc1.CS(=O)(=O)[O-]. The van der Waals surface area contributed by atoms with Crippen LogP contribution in [-0.4, -0.2) is 19.2 Å². The van der Waals surface area contributed by atoms with Crippen molar-refractivity contribution in [3.8, 4) is 9.85 Å². The molecular weight excluding hydrogens is 363 g/mol. The van der Waals surface area contributed by atoms with Gasteiger partial charge in [0, 0.05) is 11.7 Å². The average molecular weight is 380 g/mol. The molecule has 0 spiro atoms. The third-order valence-corrected chi connectivity index (χ3v) is 3.19. The van der Waals surface area contributed by atoms with Crippen molar-refractivity contribution in [1.82, 2.24) is 0 Å². The summed E-state index contributed by atoms with van der Waals surface area (Å²) in [7, 11) is -3.92. The van der Waals surface area contributed by atoms with Crippen molar-refractivity contribution in [2.75, 3.05) is 6.26 Å². The van der Waals surface area contributed by atoms with Gasteiger partial charge in [0.05, 0.1) is 10.1 Å². The summed E-state index contributed by atoms with van der Waals surface area (Å²) < 4.78 is 31.9. The van der Waals surface area contributed by atoms with Gasteiger partial charge < -0.3 is 4.55 Å². The van der Waals surface area contributed by atoms with Crippen molar-refractivity contribution in [1.29, 1.82) is 0 Å². The number of benzene rings is 1. The van der Waals surface area contributed by atoms with Gasteiger partial charge >= 0.3 is 21.2 Å². The van der Waals surface area contributed by atoms with Gasteiger partial charge in [0.15, 0.2) is 3.93 Å². The topological polar surface area (TPSA) is 57.2 Å². The zero-order chi connectivity index (χ0) is 14.2. The number of hydrogen-bond acceptors (Lipinski definition) is 3. The fraction of sp³-hybridized carbons (Fsp3) is 0.385. The molecule has 0 fully saturated rings. The lowest BCUT2D eigenvalue weighted by Gasteiger charge is -2.04. The van der Waals surface area contributed by atoms with E-state index in [0.29, 0.717) is 6.26 Å². The Morgan fingerprint density at radius 1 is 1.17 bits per heavy atom. The highest BCUT2D eigenvalue weighted by Gasteiger charge is 2.10. The molecule has 0 radical (unpaired) electrons. The molecule has 1 aromatic rings. The van der Waals surface area contributed by atoms with Gasteiger partial charge in [-0.3, -0.25) is 0 Å². The predicted octanol–water partition coefficient (Wildman–Crippen LogP) is -0.886. The van der Waals surface area contributed by atoms with Gasteiger partial charge in [-0.1, -0.05) is 18.2 Å². The van der Waals surface area contributed by atoms with Gasteiger partial charge in [0.1, 0.15) is 0 Å². The van der Waals surface area contributed by atoms with Crippen LogP contribution in [0.4, 0.5) is 0 Å². The molecule has 3 nitrogen and oxygen atoms in total. The minimum atomic E-state index is -3.92. The van der Waals surface area contributed by atoms with Gasteiger partial charge in [-0.15, -0.1) is 0 Å². The molecule has 0 aliphatic rings. The highest BCUT2D eigenvalue weighted by Crippen LogP contribution is 2.08. The molecule has 1 aromatic carbocycles. The largest absolute Gasteiger partial charge is 0.748 e. The predicted molar refractivity (Wildman–Crippen MR) is 68.0 cm³/mol. The summed E-state index contributed by atoms with van der Waals surface area (Å²) >= 11 is -0.100. The van der Waals surface area contributed by atoms with Crippen molar-refractivity contribution >= 4 is 10.1 Å². The monoisotopic (exact) mass is 380 g/mol. The molecule has 0 bridgehead atoms. The Morgan fingerprint density at radius 3 is 2.00 bits per heavy atom. The van der Waals surface area contributed by atoms with E-state index < -0.39 is 10.1 Å². The molecule has 5 heteroatoms. The molecule has 0 saturated heterocycles.